The van der Waals surface area contributed by atoms with E-state index in [1.54, 1.807) is 0 Å². The number of aliphatic hydroxyl groups is 1. The summed E-state index contributed by atoms with van der Waals surface area (Å²) in [6.07, 6.45) is 7.97. The lowest BCUT2D eigenvalue weighted by atomic mass is 9.94. The van der Waals surface area contributed by atoms with Gasteiger partial charge in [0.2, 0.25) is 0 Å². The van der Waals surface area contributed by atoms with Gasteiger partial charge in [-0.05, 0) is 37.5 Å². The highest BCUT2D eigenvalue weighted by molar-refractivity contribution is 5.74. The zero-order valence-electron chi connectivity index (χ0n) is 8.89. The van der Waals surface area contributed by atoms with Gasteiger partial charge < -0.3 is 9.84 Å². The summed E-state index contributed by atoms with van der Waals surface area (Å²) in [7, 11) is 0. The number of hydrogen-bond acceptors (Lipinski definition) is 3. The van der Waals surface area contributed by atoms with Crippen molar-refractivity contribution in [3.8, 4) is 0 Å². The monoisotopic (exact) mass is 210 g/mol. The largest absolute Gasteiger partial charge is 0.465 e. The van der Waals surface area contributed by atoms with Crippen molar-refractivity contribution in [2.45, 2.75) is 25.7 Å². The smallest absolute Gasteiger partial charge is 0.309 e. The van der Waals surface area contributed by atoms with Crippen LogP contribution in [0.3, 0.4) is 0 Å². The number of carbonyl (C=O) groups excluding carboxylic acids is 1. The lowest BCUT2D eigenvalue weighted by Gasteiger charge is -2.16. The molecule has 0 amide bonds. The number of hydrogen-bond donors (Lipinski definition) is 1. The summed E-state index contributed by atoms with van der Waals surface area (Å²) in [5.41, 5.74) is 0. The van der Waals surface area contributed by atoms with Crippen molar-refractivity contribution < 1.29 is 14.6 Å². The van der Waals surface area contributed by atoms with Gasteiger partial charge in [-0.2, -0.15) is 0 Å². The topological polar surface area (TPSA) is 46.5 Å². The minimum Gasteiger partial charge on any atom is -0.465 e. The molecule has 0 unspecified atom stereocenters. The van der Waals surface area contributed by atoms with Gasteiger partial charge in [0, 0.05) is 6.61 Å². The van der Waals surface area contributed by atoms with Crippen LogP contribution in [0, 0.1) is 17.8 Å². The highest BCUT2D eigenvalue weighted by Crippen LogP contribution is 2.43. The Kier molecular flexibility index (Phi) is 3.41. The van der Waals surface area contributed by atoms with Crippen LogP contribution < -0.4 is 0 Å². The first-order chi connectivity index (χ1) is 7.31. The Morgan fingerprint density at radius 2 is 2.20 bits per heavy atom. The van der Waals surface area contributed by atoms with Crippen molar-refractivity contribution in [2.75, 3.05) is 13.2 Å². The second-order valence-electron chi connectivity index (χ2n) is 4.48. The molecule has 2 aliphatic rings. The van der Waals surface area contributed by atoms with Gasteiger partial charge in [0.25, 0.3) is 0 Å². The van der Waals surface area contributed by atoms with E-state index < -0.39 is 0 Å². The second kappa shape index (κ2) is 4.79. The zero-order valence-corrected chi connectivity index (χ0v) is 8.89. The average molecular weight is 210 g/mol. The van der Waals surface area contributed by atoms with E-state index in [1.165, 1.54) is 0 Å². The molecule has 0 spiro atoms. The molecule has 2 aliphatic carbocycles. The second-order valence-corrected chi connectivity index (χ2v) is 4.48. The Morgan fingerprint density at radius 3 is 2.80 bits per heavy atom. The SMILES string of the molecule is O=C(OCCCCO)[C@@H]1C[C@@H]2C=C[C@H]1C2. The Balaban J connectivity index is 1.70. The van der Waals surface area contributed by atoms with Crippen molar-refractivity contribution in [3.05, 3.63) is 12.2 Å². The highest BCUT2D eigenvalue weighted by Gasteiger charge is 2.40. The first-order valence-corrected chi connectivity index (χ1v) is 5.77. The molecule has 84 valence electrons. The zero-order chi connectivity index (χ0) is 10.7. The fourth-order valence-electron chi connectivity index (χ4n) is 2.55. The van der Waals surface area contributed by atoms with E-state index in [4.69, 9.17) is 9.84 Å². The summed E-state index contributed by atoms with van der Waals surface area (Å²) in [4.78, 5) is 11.7. The normalized spacial score (nSPS) is 32.2. The highest BCUT2D eigenvalue weighted by atomic mass is 16.5. The molecular formula is C12H18O3. The third kappa shape index (κ3) is 2.40. The summed E-state index contributed by atoms with van der Waals surface area (Å²) in [5, 5.41) is 8.58. The lowest BCUT2D eigenvalue weighted by molar-refractivity contribution is -0.149. The van der Waals surface area contributed by atoms with Gasteiger partial charge in [-0.15, -0.1) is 0 Å². The van der Waals surface area contributed by atoms with Crippen LogP contribution in [0.25, 0.3) is 0 Å². The van der Waals surface area contributed by atoms with Crippen LogP contribution in [0.2, 0.25) is 0 Å². The number of allylic oxidation sites excluding steroid dienone is 2. The molecule has 1 N–H and O–H groups in total. The van der Waals surface area contributed by atoms with E-state index in [9.17, 15) is 4.79 Å². The van der Waals surface area contributed by atoms with E-state index in [-0.39, 0.29) is 18.5 Å². The van der Waals surface area contributed by atoms with Gasteiger partial charge >= 0.3 is 5.97 Å². The fraction of sp³-hybridized carbons (Fsp3) is 0.750. The van der Waals surface area contributed by atoms with Crippen LogP contribution in [0.15, 0.2) is 12.2 Å². The van der Waals surface area contributed by atoms with Gasteiger partial charge in [0.15, 0.2) is 0 Å². The molecule has 3 nitrogen and oxygen atoms in total. The van der Waals surface area contributed by atoms with Crippen LogP contribution >= 0.6 is 0 Å². The Hall–Kier alpha value is -0.830. The predicted molar refractivity (Wildman–Crippen MR) is 56.1 cm³/mol. The van der Waals surface area contributed by atoms with Gasteiger partial charge in [-0.25, -0.2) is 0 Å². The molecular weight excluding hydrogens is 192 g/mol. The van der Waals surface area contributed by atoms with E-state index in [0.717, 1.165) is 19.3 Å². The summed E-state index contributed by atoms with van der Waals surface area (Å²) in [6.45, 7) is 0.630. The number of carbonyl (C=O) groups is 1. The summed E-state index contributed by atoms with van der Waals surface area (Å²) >= 11 is 0. The minimum absolute atomic E-state index is 0.0372. The molecule has 3 atom stereocenters. The molecule has 0 heterocycles. The van der Waals surface area contributed by atoms with E-state index in [0.29, 0.717) is 24.9 Å². The Labute approximate surface area is 90.1 Å². The molecule has 0 aromatic carbocycles. The Morgan fingerprint density at radius 1 is 1.33 bits per heavy atom. The van der Waals surface area contributed by atoms with E-state index in [1.807, 2.05) is 0 Å². The van der Waals surface area contributed by atoms with Gasteiger partial charge in [-0.3, -0.25) is 4.79 Å². The summed E-state index contributed by atoms with van der Waals surface area (Å²) in [5.74, 6) is 1.12. The average Bonchev–Trinajstić information content (AvgIpc) is 2.85. The number of fused-ring (bicyclic) bond motifs is 2. The molecule has 1 fully saturated rings. The van der Waals surface area contributed by atoms with Crippen molar-refractivity contribution in [1.29, 1.82) is 0 Å². The molecule has 15 heavy (non-hydrogen) atoms. The third-order valence-corrected chi connectivity index (χ3v) is 3.38. The van der Waals surface area contributed by atoms with E-state index in [2.05, 4.69) is 12.2 Å². The van der Waals surface area contributed by atoms with Crippen LogP contribution in [0.4, 0.5) is 0 Å². The first kappa shape index (κ1) is 10.7. The molecule has 0 aromatic rings. The molecule has 0 aliphatic heterocycles. The van der Waals surface area contributed by atoms with Crippen molar-refractivity contribution >= 4 is 5.97 Å². The predicted octanol–water partition coefficient (Wildman–Crippen LogP) is 1.51. The Bertz CT molecular complexity index is 260. The van der Waals surface area contributed by atoms with Crippen molar-refractivity contribution in [3.63, 3.8) is 0 Å². The fourth-order valence-corrected chi connectivity index (χ4v) is 2.55. The standard InChI is InChI=1S/C12H18O3/c13-5-1-2-6-15-12(14)11-8-9-3-4-10(11)7-9/h3-4,9-11,13H,1-2,5-8H2/t9-,10+,11-/m1/s1. The molecule has 0 saturated heterocycles. The van der Waals surface area contributed by atoms with Crippen LogP contribution in [0.1, 0.15) is 25.7 Å². The van der Waals surface area contributed by atoms with Gasteiger partial charge in [-0.1, -0.05) is 12.2 Å². The minimum atomic E-state index is -0.0372. The molecule has 1 saturated carbocycles. The number of esters is 1. The van der Waals surface area contributed by atoms with Crippen molar-refractivity contribution in [1.82, 2.24) is 0 Å². The number of unbranched alkanes of at least 4 members (excludes halogenated alkanes) is 1. The number of aliphatic hydroxyl groups excluding tert-OH is 1. The van der Waals surface area contributed by atoms with Crippen LogP contribution in [0.5, 0.6) is 0 Å². The maximum Gasteiger partial charge on any atom is 0.309 e. The lowest BCUT2D eigenvalue weighted by Crippen LogP contribution is -2.22. The number of rotatable bonds is 5. The third-order valence-electron chi connectivity index (χ3n) is 3.38. The number of ether oxygens (including phenoxy) is 1. The molecule has 0 radical (unpaired) electrons. The first-order valence-electron chi connectivity index (χ1n) is 5.77. The molecule has 0 aromatic heterocycles. The molecule has 2 rings (SSSR count). The quantitative estimate of drug-likeness (QED) is 0.425. The molecule has 2 bridgehead atoms. The van der Waals surface area contributed by atoms with Crippen molar-refractivity contribution in [2.24, 2.45) is 17.8 Å². The van der Waals surface area contributed by atoms with E-state index >= 15 is 0 Å². The van der Waals surface area contributed by atoms with Gasteiger partial charge in [0.1, 0.15) is 0 Å². The summed E-state index contributed by atoms with van der Waals surface area (Å²) in [6, 6.07) is 0. The van der Waals surface area contributed by atoms with Crippen LogP contribution in [-0.2, 0) is 9.53 Å². The van der Waals surface area contributed by atoms with Gasteiger partial charge in [0.05, 0.1) is 12.5 Å². The van der Waals surface area contributed by atoms with Crippen LogP contribution in [-0.4, -0.2) is 24.3 Å². The molecule has 3 heteroatoms. The summed E-state index contributed by atoms with van der Waals surface area (Å²) < 4.78 is 5.20. The maximum absolute atomic E-state index is 11.7. The maximum atomic E-state index is 11.7.